The molecule has 2 heterocycles. The zero-order chi connectivity index (χ0) is 23.8. The Balaban J connectivity index is 1.49. The SMILES string of the molecule is O=C1CCN(c2ccc(-c3ccc(N4C[C@@H](CCS(=O)(=O)O)OC4=O)cc3F)cc2F)CC1. The van der Waals surface area contributed by atoms with Gasteiger partial charge in [-0.2, -0.15) is 8.42 Å². The van der Waals surface area contributed by atoms with Crippen molar-refractivity contribution in [2.45, 2.75) is 25.4 Å². The van der Waals surface area contributed by atoms with Crippen molar-refractivity contribution in [2.24, 2.45) is 0 Å². The highest BCUT2D eigenvalue weighted by atomic mass is 32.2. The van der Waals surface area contributed by atoms with Crippen LogP contribution in [0.25, 0.3) is 11.1 Å². The summed E-state index contributed by atoms with van der Waals surface area (Å²) in [6.45, 7) is 0.888. The van der Waals surface area contributed by atoms with Gasteiger partial charge in [-0.3, -0.25) is 14.2 Å². The Bertz CT molecular complexity index is 1190. The molecular formula is C22H22F2N2O6S. The molecular weight excluding hydrogens is 458 g/mol. The molecule has 0 aliphatic carbocycles. The number of cyclic esters (lactones) is 1. The fourth-order valence-corrected chi connectivity index (χ4v) is 4.56. The summed E-state index contributed by atoms with van der Waals surface area (Å²) in [5, 5.41) is 0. The van der Waals surface area contributed by atoms with Gasteiger partial charge in [-0.25, -0.2) is 13.6 Å². The lowest BCUT2D eigenvalue weighted by Gasteiger charge is -2.28. The van der Waals surface area contributed by atoms with Crippen LogP contribution in [0.2, 0.25) is 0 Å². The maximum absolute atomic E-state index is 14.9. The van der Waals surface area contributed by atoms with Gasteiger partial charge in [0, 0.05) is 37.9 Å². The molecule has 0 unspecified atom stereocenters. The molecule has 0 saturated carbocycles. The Morgan fingerprint density at radius 1 is 1.03 bits per heavy atom. The van der Waals surface area contributed by atoms with Crippen LogP contribution in [0.5, 0.6) is 0 Å². The van der Waals surface area contributed by atoms with Crippen LogP contribution in [0.1, 0.15) is 19.3 Å². The minimum atomic E-state index is -4.19. The number of carbonyl (C=O) groups is 2. The smallest absolute Gasteiger partial charge is 0.414 e. The van der Waals surface area contributed by atoms with Crippen molar-refractivity contribution in [1.82, 2.24) is 0 Å². The van der Waals surface area contributed by atoms with Crippen LogP contribution < -0.4 is 9.80 Å². The van der Waals surface area contributed by atoms with Crippen LogP contribution in [-0.4, -0.2) is 56.3 Å². The van der Waals surface area contributed by atoms with E-state index in [0.717, 1.165) is 6.07 Å². The molecule has 1 atom stereocenters. The zero-order valence-electron chi connectivity index (χ0n) is 17.5. The minimum absolute atomic E-state index is 0.00873. The quantitative estimate of drug-likeness (QED) is 0.632. The van der Waals surface area contributed by atoms with Crippen LogP contribution >= 0.6 is 0 Å². The molecule has 1 N–H and O–H groups in total. The van der Waals surface area contributed by atoms with Gasteiger partial charge in [-0.15, -0.1) is 0 Å². The lowest BCUT2D eigenvalue weighted by molar-refractivity contribution is -0.119. The predicted octanol–water partition coefficient (Wildman–Crippen LogP) is 3.40. The number of rotatable bonds is 6. The topological polar surface area (TPSA) is 104 Å². The van der Waals surface area contributed by atoms with Crippen molar-refractivity contribution in [3.05, 3.63) is 48.0 Å². The number of hydrogen-bond donors (Lipinski definition) is 1. The third-order valence-electron chi connectivity index (χ3n) is 5.76. The Morgan fingerprint density at radius 3 is 2.39 bits per heavy atom. The second kappa shape index (κ2) is 9.06. The fraction of sp³-hybridized carbons (Fsp3) is 0.364. The van der Waals surface area contributed by atoms with Gasteiger partial charge in [0.1, 0.15) is 23.5 Å². The van der Waals surface area contributed by atoms with E-state index in [2.05, 4.69) is 0 Å². The van der Waals surface area contributed by atoms with Crippen molar-refractivity contribution < 1.29 is 36.1 Å². The van der Waals surface area contributed by atoms with Crippen molar-refractivity contribution in [3.63, 3.8) is 0 Å². The number of carbonyl (C=O) groups excluding carboxylic acids is 2. The Hall–Kier alpha value is -3.05. The monoisotopic (exact) mass is 480 g/mol. The van der Waals surface area contributed by atoms with Gasteiger partial charge >= 0.3 is 6.09 Å². The van der Waals surface area contributed by atoms with Crippen molar-refractivity contribution in [2.75, 3.05) is 35.2 Å². The maximum atomic E-state index is 14.9. The average molecular weight is 480 g/mol. The zero-order valence-corrected chi connectivity index (χ0v) is 18.4. The first kappa shape index (κ1) is 23.1. The minimum Gasteiger partial charge on any atom is -0.444 e. The van der Waals surface area contributed by atoms with Crippen LogP contribution in [-0.2, 0) is 19.6 Å². The summed E-state index contributed by atoms with van der Waals surface area (Å²) in [4.78, 5) is 26.5. The lowest BCUT2D eigenvalue weighted by Crippen LogP contribution is -2.34. The van der Waals surface area contributed by atoms with E-state index in [1.54, 1.807) is 17.0 Å². The summed E-state index contributed by atoms with van der Waals surface area (Å²) >= 11 is 0. The maximum Gasteiger partial charge on any atom is 0.414 e. The number of hydrogen-bond acceptors (Lipinski definition) is 6. The van der Waals surface area contributed by atoms with Crippen LogP contribution in [0.4, 0.5) is 25.0 Å². The summed E-state index contributed by atoms with van der Waals surface area (Å²) < 4.78 is 65.4. The molecule has 0 radical (unpaired) electrons. The van der Waals surface area contributed by atoms with Crippen LogP contribution in [0.15, 0.2) is 36.4 Å². The van der Waals surface area contributed by atoms with Crippen molar-refractivity contribution in [3.8, 4) is 11.1 Å². The van der Waals surface area contributed by atoms with E-state index in [9.17, 15) is 26.8 Å². The van der Waals surface area contributed by atoms with Gasteiger partial charge in [-0.1, -0.05) is 6.07 Å². The van der Waals surface area contributed by atoms with Crippen molar-refractivity contribution >= 4 is 33.4 Å². The van der Waals surface area contributed by atoms with Gasteiger partial charge in [0.25, 0.3) is 10.1 Å². The first-order chi connectivity index (χ1) is 15.6. The van der Waals surface area contributed by atoms with Crippen molar-refractivity contribution in [1.29, 1.82) is 0 Å². The van der Waals surface area contributed by atoms with Crippen LogP contribution in [0, 0.1) is 11.6 Å². The Morgan fingerprint density at radius 2 is 1.76 bits per heavy atom. The Labute approximate surface area is 189 Å². The molecule has 33 heavy (non-hydrogen) atoms. The number of piperidine rings is 1. The van der Waals surface area contributed by atoms with Gasteiger partial charge in [0.05, 0.1) is 23.7 Å². The number of nitrogens with zero attached hydrogens (tertiary/aromatic N) is 2. The predicted molar refractivity (Wildman–Crippen MR) is 117 cm³/mol. The molecule has 8 nitrogen and oxygen atoms in total. The molecule has 1 amide bonds. The van der Waals surface area contributed by atoms with Crippen LogP contribution in [0.3, 0.4) is 0 Å². The van der Waals surface area contributed by atoms with E-state index < -0.39 is 39.7 Å². The van der Waals surface area contributed by atoms with E-state index in [-0.39, 0.29) is 30.0 Å². The molecule has 2 aliphatic heterocycles. The lowest BCUT2D eigenvalue weighted by atomic mass is 10.0. The molecule has 0 bridgehead atoms. The molecule has 2 aromatic rings. The number of Topliss-reactive ketones (excluding diaryl/α,β-unsaturated/α-hetero) is 1. The van der Waals surface area contributed by atoms with E-state index in [1.807, 2.05) is 0 Å². The summed E-state index contributed by atoms with van der Waals surface area (Å²) in [5.74, 6) is -1.59. The highest BCUT2D eigenvalue weighted by molar-refractivity contribution is 7.85. The fourth-order valence-electron chi connectivity index (χ4n) is 4.00. The summed E-state index contributed by atoms with van der Waals surface area (Å²) in [5.41, 5.74) is 1.04. The van der Waals surface area contributed by atoms with Gasteiger partial charge < -0.3 is 9.64 Å². The second-order valence-corrected chi connectivity index (χ2v) is 9.62. The van der Waals surface area contributed by atoms with Gasteiger partial charge in [0.2, 0.25) is 0 Å². The molecule has 11 heteroatoms. The average Bonchev–Trinajstić information content (AvgIpc) is 3.13. The number of amides is 1. The third kappa shape index (κ3) is 5.31. The second-order valence-electron chi connectivity index (χ2n) is 8.05. The molecule has 2 fully saturated rings. The van der Waals surface area contributed by atoms with Gasteiger partial charge in [0.15, 0.2) is 0 Å². The summed E-state index contributed by atoms with van der Waals surface area (Å²) in [7, 11) is -4.19. The largest absolute Gasteiger partial charge is 0.444 e. The first-order valence-electron chi connectivity index (χ1n) is 10.4. The van der Waals surface area contributed by atoms with Gasteiger partial charge in [-0.05, 0) is 35.9 Å². The molecule has 2 saturated heterocycles. The Kier molecular flexibility index (Phi) is 6.35. The van der Waals surface area contributed by atoms with E-state index in [0.29, 0.717) is 37.2 Å². The number of benzene rings is 2. The molecule has 2 aromatic carbocycles. The molecule has 0 spiro atoms. The van der Waals surface area contributed by atoms with E-state index >= 15 is 0 Å². The standard InChI is InChI=1S/C22H22F2N2O6S/c23-19-12-15(26-13-17(32-22(26)28)7-10-33(29,30)31)2-3-18(19)14-1-4-21(20(24)11-14)25-8-5-16(27)6-9-25/h1-4,11-12,17H,5-10,13H2,(H,29,30,31)/t17-/m1/s1. The molecule has 176 valence electrons. The first-order valence-corrected chi connectivity index (χ1v) is 12.0. The number of ether oxygens (including phenoxy) is 1. The summed E-state index contributed by atoms with van der Waals surface area (Å²) in [6.07, 6.45) is -0.857. The third-order valence-corrected chi connectivity index (χ3v) is 6.51. The highest BCUT2D eigenvalue weighted by Crippen LogP contribution is 2.32. The molecule has 2 aliphatic rings. The van der Waals surface area contributed by atoms with E-state index in [1.165, 1.54) is 23.1 Å². The molecule has 0 aromatic heterocycles. The summed E-state index contributed by atoms with van der Waals surface area (Å²) in [6, 6.07) is 8.45. The molecule has 4 rings (SSSR count). The number of anilines is 2. The number of ketones is 1. The normalized spacial score (nSPS) is 19.2. The highest BCUT2D eigenvalue weighted by Gasteiger charge is 2.33. The van der Waals surface area contributed by atoms with E-state index in [4.69, 9.17) is 9.29 Å². The number of halogens is 2.